The van der Waals surface area contributed by atoms with Crippen LogP contribution in [0.25, 0.3) is 11.1 Å². The molecule has 13 heteroatoms. The summed E-state index contributed by atoms with van der Waals surface area (Å²) >= 11 is 0. The number of hydrogen-bond donors (Lipinski definition) is 2. The number of rotatable bonds is 8. The van der Waals surface area contributed by atoms with Crippen LogP contribution in [0.4, 0.5) is 36.4 Å². The number of anilines is 1. The maximum Gasteiger partial charge on any atom is 0.430 e. The molecule has 0 aromatic heterocycles. The molecular weight excluding hydrogens is 543 g/mol. The topological polar surface area (TPSA) is 83.5 Å². The molecule has 0 radical (unpaired) electrons. The fourth-order valence-corrected chi connectivity index (χ4v) is 4.80. The summed E-state index contributed by atoms with van der Waals surface area (Å²) in [6, 6.07) is 11.8. The highest BCUT2D eigenvalue weighted by atomic mass is 32.2. The number of Topliss-reactive ketones (excluding diaryl/α,β-unsaturated/α-hetero) is 1. The second-order valence-electron chi connectivity index (χ2n) is 8.31. The van der Waals surface area contributed by atoms with Crippen molar-refractivity contribution in [2.75, 3.05) is 4.72 Å². The van der Waals surface area contributed by atoms with Crippen LogP contribution in [0.1, 0.15) is 34.8 Å². The molecule has 0 amide bonds. The highest BCUT2D eigenvalue weighted by molar-refractivity contribution is 7.91. The molecule has 0 unspecified atom stereocenters. The lowest BCUT2D eigenvalue weighted by molar-refractivity contribution is -0.376. The van der Waals surface area contributed by atoms with E-state index in [0.717, 1.165) is 0 Å². The van der Waals surface area contributed by atoms with Gasteiger partial charge in [0.05, 0.1) is 5.75 Å². The summed E-state index contributed by atoms with van der Waals surface area (Å²) < 4.78 is 120. The van der Waals surface area contributed by atoms with Crippen LogP contribution in [0, 0.1) is 5.82 Å². The summed E-state index contributed by atoms with van der Waals surface area (Å²) in [5.74, 6) is -1.99. The van der Waals surface area contributed by atoms with Crippen molar-refractivity contribution >= 4 is 21.5 Å². The molecule has 0 fully saturated rings. The number of carbonyl (C=O) groups is 1. The van der Waals surface area contributed by atoms with Gasteiger partial charge in [0.2, 0.25) is 10.0 Å². The molecule has 3 aromatic rings. The van der Waals surface area contributed by atoms with Crippen molar-refractivity contribution in [2.45, 2.75) is 37.1 Å². The van der Waals surface area contributed by atoms with Crippen LogP contribution in [0.15, 0.2) is 66.7 Å². The molecular formula is C25H20F7NO4S. The SMILES string of the molecule is CCC(=O)c1ccc(CS(=O)(=O)Nc2ccc(-c3ccc(C(O)(C(F)(F)F)C(F)(F)F)cc3F)cc2)cc1. The number of benzene rings is 3. The maximum atomic E-state index is 14.6. The Kier molecular flexibility index (Phi) is 7.94. The van der Waals surface area contributed by atoms with E-state index in [-0.39, 0.29) is 28.7 Å². The fraction of sp³-hybridized carbons (Fsp3) is 0.240. The molecule has 0 spiro atoms. The lowest BCUT2D eigenvalue weighted by Crippen LogP contribution is -2.53. The third kappa shape index (κ3) is 5.99. The van der Waals surface area contributed by atoms with Crippen molar-refractivity contribution in [3.8, 4) is 11.1 Å². The van der Waals surface area contributed by atoms with Gasteiger partial charge >= 0.3 is 12.4 Å². The molecule has 38 heavy (non-hydrogen) atoms. The predicted octanol–water partition coefficient (Wildman–Crippen LogP) is 6.34. The number of hydrogen-bond acceptors (Lipinski definition) is 4. The maximum absolute atomic E-state index is 14.6. The van der Waals surface area contributed by atoms with Gasteiger partial charge in [0.25, 0.3) is 5.60 Å². The summed E-state index contributed by atoms with van der Waals surface area (Å²) in [6.07, 6.45) is -12.0. The van der Waals surface area contributed by atoms with Gasteiger partial charge in [0.15, 0.2) is 5.78 Å². The Morgan fingerprint density at radius 2 is 1.42 bits per heavy atom. The van der Waals surface area contributed by atoms with Gasteiger partial charge in [-0.3, -0.25) is 9.52 Å². The van der Waals surface area contributed by atoms with Gasteiger partial charge in [-0.25, -0.2) is 12.8 Å². The number of nitrogens with one attached hydrogen (secondary N) is 1. The lowest BCUT2D eigenvalue weighted by Gasteiger charge is -2.32. The molecule has 3 rings (SSSR count). The van der Waals surface area contributed by atoms with E-state index in [0.29, 0.717) is 29.7 Å². The smallest absolute Gasteiger partial charge is 0.369 e. The Bertz CT molecular complexity index is 1400. The second-order valence-corrected chi connectivity index (χ2v) is 10.0. The van der Waals surface area contributed by atoms with E-state index in [1.54, 1.807) is 6.92 Å². The molecule has 0 saturated heterocycles. The minimum atomic E-state index is -6.16. The van der Waals surface area contributed by atoms with Crippen LogP contribution in [-0.2, 0) is 21.4 Å². The first-order chi connectivity index (χ1) is 17.5. The molecule has 0 aliphatic heterocycles. The fourth-order valence-electron chi connectivity index (χ4n) is 3.61. The quantitative estimate of drug-likeness (QED) is 0.248. The van der Waals surface area contributed by atoms with Crippen LogP contribution < -0.4 is 4.72 Å². The number of halogens is 7. The average Bonchev–Trinajstić information content (AvgIpc) is 2.82. The highest BCUT2D eigenvalue weighted by Gasteiger charge is 2.71. The van der Waals surface area contributed by atoms with Crippen LogP contribution in [0.2, 0.25) is 0 Å². The Hall–Kier alpha value is -3.45. The lowest BCUT2D eigenvalue weighted by atomic mass is 9.90. The number of carbonyl (C=O) groups excluding carboxylic acids is 1. The van der Waals surface area contributed by atoms with E-state index in [1.807, 2.05) is 0 Å². The normalized spacial score (nSPS) is 12.9. The Morgan fingerprint density at radius 3 is 1.89 bits per heavy atom. The standard InChI is InChI=1S/C25H20F7NO4S/c1-2-22(34)17-5-3-15(4-6-17)14-38(36,37)33-19-10-7-16(8-11-19)20-12-9-18(13-21(20)26)23(35,24(27,28)29)25(30,31)32/h3-13,33,35H,2,14H2,1H3. The first-order valence-electron chi connectivity index (χ1n) is 10.9. The van der Waals surface area contributed by atoms with Crippen LogP contribution in [0.5, 0.6) is 0 Å². The van der Waals surface area contributed by atoms with Gasteiger partial charge in [-0.15, -0.1) is 0 Å². The average molecular weight is 563 g/mol. The summed E-state index contributed by atoms with van der Waals surface area (Å²) in [6.45, 7) is 1.70. The van der Waals surface area contributed by atoms with Gasteiger partial charge < -0.3 is 5.11 Å². The van der Waals surface area contributed by atoms with Crippen molar-refractivity contribution in [3.05, 3.63) is 89.2 Å². The number of aliphatic hydroxyl groups is 1. The summed E-state index contributed by atoms with van der Waals surface area (Å²) in [4.78, 5) is 11.7. The van der Waals surface area contributed by atoms with E-state index in [2.05, 4.69) is 4.72 Å². The Labute approximate surface area is 213 Å². The van der Waals surface area contributed by atoms with Crippen LogP contribution >= 0.6 is 0 Å². The zero-order chi connectivity index (χ0) is 28.5. The largest absolute Gasteiger partial charge is 0.430 e. The molecule has 0 saturated carbocycles. The third-order valence-corrected chi connectivity index (χ3v) is 6.89. The van der Waals surface area contributed by atoms with Gasteiger partial charge in [-0.05, 0) is 29.3 Å². The van der Waals surface area contributed by atoms with Crippen molar-refractivity contribution in [1.82, 2.24) is 0 Å². The Morgan fingerprint density at radius 1 is 0.868 bits per heavy atom. The van der Waals surface area contributed by atoms with Crippen molar-refractivity contribution in [2.24, 2.45) is 0 Å². The molecule has 0 aliphatic carbocycles. The summed E-state index contributed by atoms with van der Waals surface area (Å²) in [7, 11) is -3.91. The minimum absolute atomic E-state index is 0.0238. The van der Waals surface area contributed by atoms with Gasteiger partial charge in [-0.1, -0.05) is 55.5 Å². The minimum Gasteiger partial charge on any atom is -0.369 e. The molecule has 5 nitrogen and oxygen atoms in total. The summed E-state index contributed by atoms with van der Waals surface area (Å²) in [5, 5.41) is 9.44. The highest BCUT2D eigenvalue weighted by Crippen LogP contribution is 2.50. The molecule has 0 heterocycles. The third-order valence-electron chi connectivity index (χ3n) is 5.63. The van der Waals surface area contributed by atoms with E-state index in [1.165, 1.54) is 48.5 Å². The van der Waals surface area contributed by atoms with Gasteiger partial charge in [0, 0.05) is 28.8 Å². The summed E-state index contributed by atoms with van der Waals surface area (Å²) in [5.41, 5.74) is -6.46. The molecule has 204 valence electrons. The zero-order valence-corrected chi connectivity index (χ0v) is 20.3. The molecule has 3 aromatic carbocycles. The van der Waals surface area contributed by atoms with E-state index >= 15 is 0 Å². The first kappa shape index (κ1) is 29.1. The van der Waals surface area contributed by atoms with Crippen molar-refractivity contribution in [1.29, 1.82) is 0 Å². The number of sulfonamides is 1. The van der Waals surface area contributed by atoms with E-state index < -0.39 is 45.1 Å². The Balaban J connectivity index is 1.79. The second kappa shape index (κ2) is 10.4. The van der Waals surface area contributed by atoms with Crippen LogP contribution in [0.3, 0.4) is 0 Å². The molecule has 0 atom stereocenters. The van der Waals surface area contributed by atoms with Crippen molar-refractivity contribution in [3.63, 3.8) is 0 Å². The predicted molar refractivity (Wildman–Crippen MR) is 125 cm³/mol. The monoisotopic (exact) mass is 563 g/mol. The number of alkyl halides is 6. The first-order valence-corrected chi connectivity index (χ1v) is 12.5. The molecule has 0 bridgehead atoms. The van der Waals surface area contributed by atoms with E-state index in [4.69, 9.17) is 0 Å². The van der Waals surface area contributed by atoms with Gasteiger partial charge in [0.1, 0.15) is 5.82 Å². The van der Waals surface area contributed by atoms with Crippen molar-refractivity contribution < 1.29 is 49.1 Å². The zero-order valence-electron chi connectivity index (χ0n) is 19.5. The number of ketones is 1. The molecule has 2 N–H and O–H groups in total. The molecule has 0 aliphatic rings. The van der Waals surface area contributed by atoms with Gasteiger partial charge in [-0.2, -0.15) is 26.3 Å². The van der Waals surface area contributed by atoms with Crippen LogP contribution in [-0.4, -0.2) is 31.7 Å². The van der Waals surface area contributed by atoms with E-state index in [9.17, 15) is 49.1 Å².